The maximum atomic E-state index is 9.49. The summed E-state index contributed by atoms with van der Waals surface area (Å²) in [5.74, 6) is 0. The zero-order valence-corrected chi connectivity index (χ0v) is 11.5. The van der Waals surface area contributed by atoms with Crippen molar-refractivity contribution in [2.75, 3.05) is 6.61 Å². The summed E-state index contributed by atoms with van der Waals surface area (Å²) in [6.45, 7) is 4.64. The van der Waals surface area contributed by atoms with Crippen molar-refractivity contribution in [3.05, 3.63) is 0 Å². The normalized spacial score (nSPS) is 31.6. The van der Waals surface area contributed by atoms with E-state index in [1.165, 1.54) is 44.9 Å². The lowest BCUT2D eigenvalue weighted by atomic mass is 9.81. The Balaban J connectivity index is 1.89. The topological polar surface area (TPSA) is 29.5 Å². The predicted molar refractivity (Wildman–Crippen MR) is 70.0 cm³/mol. The van der Waals surface area contributed by atoms with E-state index in [2.05, 4.69) is 13.8 Å². The van der Waals surface area contributed by atoms with Gasteiger partial charge in [0.05, 0.1) is 11.7 Å². The number of ether oxygens (including phenoxy) is 1. The van der Waals surface area contributed by atoms with Gasteiger partial charge in [-0.15, -0.1) is 0 Å². The van der Waals surface area contributed by atoms with Crippen LogP contribution in [0.3, 0.4) is 0 Å². The van der Waals surface area contributed by atoms with E-state index in [9.17, 15) is 5.11 Å². The third-order valence-electron chi connectivity index (χ3n) is 5.06. The molecule has 1 saturated carbocycles. The Labute approximate surface area is 106 Å². The Bertz CT molecular complexity index is 239. The molecule has 0 amide bonds. The summed E-state index contributed by atoms with van der Waals surface area (Å²) in [7, 11) is 0. The molecule has 1 saturated heterocycles. The first kappa shape index (κ1) is 13.4. The second-order valence-electron chi connectivity index (χ2n) is 6.55. The minimum Gasteiger partial charge on any atom is -0.396 e. The van der Waals surface area contributed by atoms with Gasteiger partial charge in [0.2, 0.25) is 0 Å². The molecule has 0 radical (unpaired) electrons. The van der Waals surface area contributed by atoms with E-state index in [-0.39, 0.29) is 17.6 Å². The van der Waals surface area contributed by atoms with Crippen molar-refractivity contribution >= 4 is 0 Å². The first-order chi connectivity index (χ1) is 8.11. The van der Waals surface area contributed by atoms with Gasteiger partial charge in [0, 0.05) is 6.61 Å². The molecule has 2 nitrogen and oxygen atoms in total. The highest BCUT2D eigenvalue weighted by Gasteiger charge is 2.42. The Kier molecular flexibility index (Phi) is 4.14. The Morgan fingerprint density at radius 1 is 1.24 bits per heavy atom. The second-order valence-corrected chi connectivity index (χ2v) is 6.55. The van der Waals surface area contributed by atoms with Crippen LogP contribution in [-0.2, 0) is 4.74 Å². The van der Waals surface area contributed by atoms with Crippen LogP contribution >= 0.6 is 0 Å². The fourth-order valence-corrected chi connectivity index (χ4v) is 3.47. The lowest BCUT2D eigenvalue weighted by molar-refractivity contribution is -0.0799. The van der Waals surface area contributed by atoms with Gasteiger partial charge in [-0.2, -0.15) is 0 Å². The van der Waals surface area contributed by atoms with Gasteiger partial charge < -0.3 is 9.84 Å². The quantitative estimate of drug-likeness (QED) is 0.812. The van der Waals surface area contributed by atoms with Gasteiger partial charge in [0.1, 0.15) is 0 Å². The number of hydrogen-bond donors (Lipinski definition) is 1. The molecule has 1 N–H and O–H groups in total. The molecule has 2 atom stereocenters. The third kappa shape index (κ3) is 3.03. The smallest absolute Gasteiger partial charge is 0.0687 e. The van der Waals surface area contributed by atoms with Crippen LogP contribution in [0, 0.1) is 5.41 Å². The summed E-state index contributed by atoms with van der Waals surface area (Å²) in [5.41, 5.74) is 0.290. The summed E-state index contributed by atoms with van der Waals surface area (Å²) in [5, 5.41) is 9.49. The van der Waals surface area contributed by atoms with E-state index in [0.29, 0.717) is 6.10 Å². The molecule has 2 rings (SSSR count). The Hall–Kier alpha value is -0.0800. The summed E-state index contributed by atoms with van der Waals surface area (Å²) < 4.78 is 6.38. The van der Waals surface area contributed by atoms with E-state index < -0.39 is 0 Å². The molecule has 2 unspecified atom stereocenters. The van der Waals surface area contributed by atoms with Crippen molar-refractivity contribution in [3.63, 3.8) is 0 Å². The van der Waals surface area contributed by atoms with E-state index in [0.717, 1.165) is 12.8 Å². The van der Waals surface area contributed by atoms with Crippen molar-refractivity contribution in [1.29, 1.82) is 0 Å². The molecule has 100 valence electrons. The molecule has 1 spiro atoms. The molecule has 1 heterocycles. The monoisotopic (exact) mass is 240 g/mol. The van der Waals surface area contributed by atoms with Crippen molar-refractivity contribution in [2.45, 2.75) is 83.3 Å². The van der Waals surface area contributed by atoms with E-state index in [4.69, 9.17) is 4.74 Å². The van der Waals surface area contributed by atoms with Crippen LogP contribution in [0.2, 0.25) is 0 Å². The molecule has 0 aromatic heterocycles. The van der Waals surface area contributed by atoms with E-state index >= 15 is 0 Å². The lowest BCUT2D eigenvalue weighted by Gasteiger charge is -2.35. The minimum absolute atomic E-state index is 0.0604. The molecule has 0 aromatic rings. The highest BCUT2D eigenvalue weighted by molar-refractivity contribution is 4.92. The van der Waals surface area contributed by atoms with E-state index in [1.54, 1.807) is 0 Å². The third-order valence-corrected chi connectivity index (χ3v) is 5.06. The number of rotatable bonds is 4. The molecule has 1 aliphatic heterocycles. The van der Waals surface area contributed by atoms with Crippen LogP contribution in [0.4, 0.5) is 0 Å². The summed E-state index contributed by atoms with van der Waals surface area (Å²) >= 11 is 0. The molecule has 2 aliphatic rings. The fraction of sp³-hybridized carbons (Fsp3) is 1.00. The highest BCUT2D eigenvalue weighted by atomic mass is 16.5. The summed E-state index contributed by atoms with van der Waals surface area (Å²) in [6, 6.07) is 0. The van der Waals surface area contributed by atoms with Crippen LogP contribution in [-0.4, -0.2) is 23.4 Å². The van der Waals surface area contributed by atoms with Gasteiger partial charge in [0.25, 0.3) is 0 Å². The molecule has 0 aromatic carbocycles. The standard InChI is InChI=1S/C15H28O2/c1-3-14(2,12-16)11-13-7-10-15(17-13)8-5-4-6-9-15/h13,16H,3-12H2,1-2H3. The molecule has 0 bridgehead atoms. The molecular formula is C15H28O2. The average Bonchev–Trinajstić information content (AvgIpc) is 2.72. The zero-order valence-electron chi connectivity index (χ0n) is 11.5. The minimum atomic E-state index is 0.0604. The molecule has 2 fully saturated rings. The van der Waals surface area contributed by atoms with Gasteiger partial charge >= 0.3 is 0 Å². The highest BCUT2D eigenvalue weighted by Crippen LogP contribution is 2.44. The van der Waals surface area contributed by atoms with Gasteiger partial charge in [-0.1, -0.05) is 33.1 Å². The molecule has 2 heteroatoms. The van der Waals surface area contributed by atoms with Crippen LogP contribution in [0.15, 0.2) is 0 Å². The maximum absolute atomic E-state index is 9.49. The zero-order chi connectivity index (χ0) is 12.4. The largest absolute Gasteiger partial charge is 0.396 e. The lowest BCUT2D eigenvalue weighted by Crippen LogP contribution is -2.33. The molecular weight excluding hydrogens is 212 g/mol. The molecule has 1 aliphatic carbocycles. The Morgan fingerprint density at radius 3 is 2.53 bits per heavy atom. The van der Waals surface area contributed by atoms with Crippen LogP contribution in [0.25, 0.3) is 0 Å². The summed E-state index contributed by atoms with van der Waals surface area (Å²) in [6.07, 6.45) is 11.5. The number of hydrogen-bond acceptors (Lipinski definition) is 2. The maximum Gasteiger partial charge on any atom is 0.0687 e. The fourth-order valence-electron chi connectivity index (χ4n) is 3.47. The van der Waals surface area contributed by atoms with Crippen molar-refractivity contribution in [3.8, 4) is 0 Å². The number of aliphatic hydroxyl groups is 1. The van der Waals surface area contributed by atoms with Crippen molar-refractivity contribution < 1.29 is 9.84 Å². The van der Waals surface area contributed by atoms with Crippen molar-refractivity contribution in [2.24, 2.45) is 5.41 Å². The summed E-state index contributed by atoms with van der Waals surface area (Å²) in [4.78, 5) is 0. The number of aliphatic hydroxyl groups excluding tert-OH is 1. The van der Waals surface area contributed by atoms with Gasteiger partial charge in [-0.3, -0.25) is 0 Å². The van der Waals surface area contributed by atoms with Crippen LogP contribution in [0.1, 0.15) is 71.6 Å². The predicted octanol–water partition coefficient (Wildman–Crippen LogP) is 3.67. The first-order valence-electron chi connectivity index (χ1n) is 7.40. The Morgan fingerprint density at radius 2 is 1.94 bits per heavy atom. The SMILES string of the molecule is CCC(C)(CO)CC1CCC2(CCCCC2)O1. The average molecular weight is 240 g/mol. The first-order valence-corrected chi connectivity index (χ1v) is 7.40. The second kappa shape index (κ2) is 5.27. The van der Waals surface area contributed by atoms with E-state index in [1.807, 2.05) is 0 Å². The van der Waals surface area contributed by atoms with Crippen LogP contribution in [0.5, 0.6) is 0 Å². The van der Waals surface area contributed by atoms with Gasteiger partial charge in [-0.05, 0) is 43.9 Å². The van der Waals surface area contributed by atoms with Gasteiger partial charge in [0.15, 0.2) is 0 Å². The van der Waals surface area contributed by atoms with Crippen LogP contribution < -0.4 is 0 Å². The van der Waals surface area contributed by atoms with Crippen molar-refractivity contribution in [1.82, 2.24) is 0 Å². The van der Waals surface area contributed by atoms with Gasteiger partial charge in [-0.25, -0.2) is 0 Å². The molecule has 17 heavy (non-hydrogen) atoms.